The summed E-state index contributed by atoms with van der Waals surface area (Å²) in [6, 6.07) is 0. The molecule has 5 N–H and O–H groups in total. The van der Waals surface area contributed by atoms with Gasteiger partial charge < -0.3 is 30.4 Å². The molecule has 0 saturated heterocycles. The number of quaternary nitrogens is 1. The van der Waals surface area contributed by atoms with E-state index >= 15 is 0 Å². The standard InChI is InChI=1S/C8H20N.C2H6O2.C2H6O.2H2O/c1-5-9(6-2,7-3)8-4;3-1-2-4;1-3-2;;/h5-8H2,1-4H3;3-4H,1-2H2;1-2H3;2*1H2/q+1;;;;/p-1. The predicted octanol–water partition coefficient (Wildman–Crippen LogP) is 0.115. The van der Waals surface area contributed by atoms with Crippen molar-refractivity contribution in [3.05, 3.63) is 0 Å². The predicted molar refractivity (Wildman–Crippen MR) is 75.1 cm³/mol. The van der Waals surface area contributed by atoms with E-state index in [1.807, 2.05) is 0 Å². The van der Waals surface area contributed by atoms with Crippen molar-refractivity contribution >= 4 is 0 Å². The lowest BCUT2D eigenvalue weighted by Crippen LogP contribution is -2.47. The fraction of sp³-hybridized carbons (Fsp3) is 1.00. The zero-order valence-electron chi connectivity index (χ0n) is 12.9. The second-order valence-electron chi connectivity index (χ2n) is 3.46. The largest absolute Gasteiger partial charge is 0.870 e. The van der Waals surface area contributed by atoms with Gasteiger partial charge >= 0.3 is 0 Å². The quantitative estimate of drug-likeness (QED) is 0.693. The summed E-state index contributed by atoms with van der Waals surface area (Å²) in [4.78, 5) is 0. The summed E-state index contributed by atoms with van der Waals surface area (Å²) in [5.41, 5.74) is 0. The molecule has 0 amide bonds. The zero-order valence-corrected chi connectivity index (χ0v) is 12.9. The van der Waals surface area contributed by atoms with Crippen LogP contribution >= 0.6 is 0 Å². The maximum atomic E-state index is 7.62. The number of hydrogen-bond donors (Lipinski definition) is 2. The first kappa shape index (κ1) is 30.6. The summed E-state index contributed by atoms with van der Waals surface area (Å²) in [5, 5.41) is 15.2. The smallest absolute Gasteiger partial charge is 0.0757 e. The molecular weight excluding hydrogens is 238 g/mol. The minimum Gasteiger partial charge on any atom is -0.870 e. The first-order valence-corrected chi connectivity index (χ1v) is 6.04. The number of rotatable bonds is 5. The highest BCUT2D eigenvalue weighted by Gasteiger charge is 2.16. The molecule has 0 rings (SSSR count). The average Bonchev–Trinajstić information content (AvgIpc) is 2.34. The van der Waals surface area contributed by atoms with Gasteiger partial charge in [-0.3, -0.25) is 0 Å². The molecule has 0 aliphatic heterocycles. The van der Waals surface area contributed by atoms with Crippen molar-refractivity contribution in [2.24, 2.45) is 0 Å². The van der Waals surface area contributed by atoms with Crippen LogP contribution in [0.1, 0.15) is 27.7 Å². The molecule has 118 valence electrons. The highest BCUT2D eigenvalue weighted by molar-refractivity contribution is 4.31. The molecule has 0 unspecified atom stereocenters. The van der Waals surface area contributed by atoms with Gasteiger partial charge in [0.15, 0.2) is 0 Å². The van der Waals surface area contributed by atoms with Crippen LogP contribution in [0, 0.1) is 0 Å². The Balaban J connectivity index is -0.0000000536. The van der Waals surface area contributed by atoms with Gasteiger partial charge in [-0.15, -0.1) is 0 Å². The molecule has 0 saturated carbocycles. The Kier molecular flexibility index (Phi) is 43.5. The van der Waals surface area contributed by atoms with Crippen LogP contribution in [0.3, 0.4) is 0 Å². The fourth-order valence-electron chi connectivity index (χ4n) is 1.34. The highest BCUT2D eigenvalue weighted by Crippen LogP contribution is 2.03. The van der Waals surface area contributed by atoms with Gasteiger partial charge in [0, 0.05) is 14.2 Å². The third kappa shape index (κ3) is 21.1. The SMILES string of the molecule is CC[N+](CC)(CC)CC.COC.O.OCCO.[OH-]. The molecule has 0 aromatic carbocycles. The summed E-state index contributed by atoms with van der Waals surface area (Å²) in [6.07, 6.45) is 0. The van der Waals surface area contributed by atoms with Gasteiger partial charge in [-0.2, -0.15) is 0 Å². The maximum Gasteiger partial charge on any atom is 0.0757 e. The number of hydrogen-bond acceptors (Lipinski definition) is 4. The Morgan fingerprint density at radius 2 is 0.944 bits per heavy atom. The summed E-state index contributed by atoms with van der Waals surface area (Å²) in [5.74, 6) is 0. The molecule has 6 heteroatoms. The Labute approximate surface area is 112 Å². The molecule has 0 aromatic heterocycles. The van der Waals surface area contributed by atoms with Crippen LogP contribution in [-0.4, -0.2) is 79.3 Å². The second kappa shape index (κ2) is 25.6. The Bertz CT molecular complexity index is 91.1. The van der Waals surface area contributed by atoms with Crippen molar-refractivity contribution in [3.63, 3.8) is 0 Å². The van der Waals surface area contributed by atoms with E-state index in [9.17, 15) is 0 Å². The van der Waals surface area contributed by atoms with E-state index in [2.05, 4.69) is 32.4 Å². The van der Waals surface area contributed by atoms with Crippen LogP contribution in [-0.2, 0) is 4.74 Å². The molecule has 0 atom stereocenters. The lowest BCUT2D eigenvalue weighted by Gasteiger charge is -2.34. The van der Waals surface area contributed by atoms with Gasteiger partial charge in [-0.25, -0.2) is 0 Å². The van der Waals surface area contributed by atoms with Crippen LogP contribution in [0.5, 0.6) is 0 Å². The van der Waals surface area contributed by atoms with Crippen molar-refractivity contribution in [2.45, 2.75) is 27.7 Å². The molecule has 0 spiro atoms. The summed E-state index contributed by atoms with van der Waals surface area (Å²) in [6.45, 7) is 14.0. The van der Waals surface area contributed by atoms with E-state index in [1.165, 1.54) is 30.7 Å². The van der Waals surface area contributed by atoms with Crippen molar-refractivity contribution < 1.29 is 30.4 Å². The van der Waals surface area contributed by atoms with Crippen molar-refractivity contribution in [2.75, 3.05) is 53.6 Å². The monoisotopic (exact) mass is 273 g/mol. The Hall–Kier alpha value is -0.240. The number of methoxy groups -OCH3 is 1. The molecule has 0 bridgehead atoms. The third-order valence-electron chi connectivity index (χ3n) is 2.78. The summed E-state index contributed by atoms with van der Waals surface area (Å²) in [7, 11) is 3.25. The van der Waals surface area contributed by atoms with E-state index in [0.717, 1.165) is 0 Å². The van der Waals surface area contributed by atoms with E-state index in [4.69, 9.17) is 10.2 Å². The fourth-order valence-corrected chi connectivity index (χ4v) is 1.34. The molecule has 0 aromatic rings. The van der Waals surface area contributed by atoms with Crippen molar-refractivity contribution in [1.29, 1.82) is 0 Å². The van der Waals surface area contributed by atoms with Gasteiger partial charge in [0.1, 0.15) is 0 Å². The highest BCUT2D eigenvalue weighted by atomic mass is 16.4. The minimum absolute atomic E-state index is 0. The molecule has 0 fully saturated rings. The van der Waals surface area contributed by atoms with E-state index < -0.39 is 0 Å². The lowest BCUT2D eigenvalue weighted by molar-refractivity contribution is -0.921. The molecular formula is C12H35NO5. The number of nitrogens with zero attached hydrogens (tertiary/aromatic N) is 1. The summed E-state index contributed by atoms with van der Waals surface area (Å²) < 4.78 is 5.53. The molecule has 0 heterocycles. The van der Waals surface area contributed by atoms with Gasteiger partial charge in [0.05, 0.1) is 39.4 Å². The molecule has 0 aliphatic rings. The van der Waals surface area contributed by atoms with Gasteiger partial charge in [0.2, 0.25) is 0 Å². The summed E-state index contributed by atoms with van der Waals surface area (Å²) >= 11 is 0. The van der Waals surface area contributed by atoms with Crippen molar-refractivity contribution in [1.82, 2.24) is 0 Å². The molecule has 0 aliphatic carbocycles. The van der Waals surface area contributed by atoms with E-state index in [0.29, 0.717) is 0 Å². The first-order chi connectivity index (χ1) is 7.57. The van der Waals surface area contributed by atoms with Gasteiger partial charge in [0.25, 0.3) is 0 Å². The minimum atomic E-state index is -0.125. The van der Waals surface area contributed by atoms with Crippen LogP contribution in [0.25, 0.3) is 0 Å². The van der Waals surface area contributed by atoms with Crippen LogP contribution in [0.15, 0.2) is 0 Å². The topological polar surface area (TPSA) is 111 Å². The Morgan fingerprint density at radius 3 is 0.944 bits per heavy atom. The van der Waals surface area contributed by atoms with Crippen molar-refractivity contribution in [3.8, 4) is 0 Å². The lowest BCUT2D eigenvalue weighted by atomic mass is 10.3. The van der Waals surface area contributed by atoms with E-state index in [-0.39, 0.29) is 24.2 Å². The van der Waals surface area contributed by atoms with E-state index in [1.54, 1.807) is 14.2 Å². The van der Waals surface area contributed by atoms with Gasteiger partial charge in [-0.1, -0.05) is 0 Å². The average molecular weight is 273 g/mol. The second-order valence-corrected chi connectivity index (χ2v) is 3.46. The normalized spacial score (nSPS) is 8.67. The first-order valence-electron chi connectivity index (χ1n) is 6.04. The zero-order chi connectivity index (χ0) is 13.4. The third-order valence-corrected chi connectivity index (χ3v) is 2.78. The molecule has 18 heavy (non-hydrogen) atoms. The Morgan fingerprint density at radius 1 is 0.778 bits per heavy atom. The number of aliphatic hydroxyl groups is 2. The van der Waals surface area contributed by atoms with Crippen LogP contribution < -0.4 is 0 Å². The van der Waals surface area contributed by atoms with Gasteiger partial charge in [-0.05, 0) is 27.7 Å². The maximum absolute atomic E-state index is 7.62. The molecule has 0 radical (unpaired) electrons. The number of aliphatic hydroxyl groups excluding tert-OH is 2. The number of ether oxygens (including phenoxy) is 1. The van der Waals surface area contributed by atoms with Crippen LogP contribution in [0.4, 0.5) is 0 Å². The van der Waals surface area contributed by atoms with Crippen LogP contribution in [0.2, 0.25) is 0 Å². The molecule has 6 nitrogen and oxygen atoms in total.